The van der Waals surface area contributed by atoms with Crippen molar-refractivity contribution < 1.29 is 0 Å². The minimum Gasteiger partial charge on any atom is -0.327 e. The maximum atomic E-state index is 6.14. The van der Waals surface area contributed by atoms with Gasteiger partial charge in [0.15, 0.2) is 0 Å². The summed E-state index contributed by atoms with van der Waals surface area (Å²) >= 11 is 0. The van der Waals surface area contributed by atoms with Crippen LogP contribution in [0.25, 0.3) is 0 Å². The molecule has 0 bridgehead atoms. The highest BCUT2D eigenvalue weighted by molar-refractivity contribution is 4.79. The minimum atomic E-state index is 0.350. The molecule has 3 nitrogen and oxygen atoms in total. The molecule has 1 unspecified atom stereocenters. The zero-order chi connectivity index (χ0) is 14.4. The van der Waals surface area contributed by atoms with Crippen LogP contribution in [0.15, 0.2) is 0 Å². The zero-order valence-electron chi connectivity index (χ0n) is 13.7. The first-order valence-corrected chi connectivity index (χ1v) is 8.08. The van der Waals surface area contributed by atoms with Crippen molar-refractivity contribution in [1.82, 2.24) is 9.80 Å². The van der Waals surface area contributed by atoms with Gasteiger partial charge >= 0.3 is 0 Å². The van der Waals surface area contributed by atoms with E-state index in [0.29, 0.717) is 12.0 Å². The van der Waals surface area contributed by atoms with E-state index in [1.165, 1.54) is 32.5 Å². The van der Waals surface area contributed by atoms with Gasteiger partial charge in [0.25, 0.3) is 0 Å². The molecule has 0 saturated carbocycles. The Morgan fingerprint density at radius 2 is 1.74 bits per heavy atom. The molecule has 0 spiro atoms. The van der Waals surface area contributed by atoms with E-state index < -0.39 is 0 Å². The Morgan fingerprint density at radius 3 is 2.21 bits per heavy atom. The smallest absolute Gasteiger partial charge is 0.0117 e. The van der Waals surface area contributed by atoms with Crippen molar-refractivity contribution in [3.63, 3.8) is 0 Å². The lowest BCUT2D eigenvalue weighted by molar-refractivity contribution is 0.116. The van der Waals surface area contributed by atoms with Gasteiger partial charge < -0.3 is 15.5 Å². The first kappa shape index (κ1) is 16.9. The summed E-state index contributed by atoms with van der Waals surface area (Å²) in [6, 6.07) is 1.12. The standard InChI is InChI=1S/C16H35N3/c1-13(2)12-19-10-6-15(7-11-19)18(5)9-8-16(17)14(3)4/h13-16H,6-12,17H2,1-5H3. The van der Waals surface area contributed by atoms with E-state index in [1.54, 1.807) is 0 Å². The van der Waals surface area contributed by atoms with Crippen LogP contribution < -0.4 is 5.73 Å². The lowest BCUT2D eigenvalue weighted by Crippen LogP contribution is -2.45. The van der Waals surface area contributed by atoms with Gasteiger partial charge in [0, 0.05) is 18.6 Å². The number of piperidine rings is 1. The Morgan fingerprint density at radius 1 is 1.16 bits per heavy atom. The second kappa shape index (κ2) is 8.23. The molecule has 114 valence electrons. The molecule has 0 amide bonds. The summed E-state index contributed by atoms with van der Waals surface area (Å²) in [5.74, 6) is 1.39. The Bertz CT molecular complexity index is 232. The van der Waals surface area contributed by atoms with Gasteiger partial charge in [-0.1, -0.05) is 27.7 Å². The molecule has 1 heterocycles. The van der Waals surface area contributed by atoms with Gasteiger partial charge in [0.1, 0.15) is 0 Å². The van der Waals surface area contributed by atoms with Crippen LogP contribution in [0.5, 0.6) is 0 Å². The number of likely N-dealkylation sites (tertiary alicyclic amines) is 1. The lowest BCUT2D eigenvalue weighted by Gasteiger charge is -2.37. The second-order valence-corrected chi connectivity index (χ2v) is 7.10. The minimum absolute atomic E-state index is 0.350. The number of rotatable bonds is 7. The molecular weight excluding hydrogens is 234 g/mol. The molecule has 1 aliphatic rings. The molecular formula is C16H35N3. The average molecular weight is 269 g/mol. The van der Waals surface area contributed by atoms with Crippen LogP contribution in [0.2, 0.25) is 0 Å². The van der Waals surface area contributed by atoms with E-state index in [9.17, 15) is 0 Å². The second-order valence-electron chi connectivity index (χ2n) is 7.10. The van der Waals surface area contributed by atoms with Crippen LogP contribution in [0.4, 0.5) is 0 Å². The van der Waals surface area contributed by atoms with Gasteiger partial charge in [-0.15, -0.1) is 0 Å². The molecule has 0 aliphatic carbocycles. The molecule has 3 heteroatoms. The van der Waals surface area contributed by atoms with Crippen LogP contribution in [0, 0.1) is 11.8 Å². The van der Waals surface area contributed by atoms with Gasteiger partial charge in [-0.25, -0.2) is 0 Å². The summed E-state index contributed by atoms with van der Waals surface area (Å²) < 4.78 is 0. The quantitative estimate of drug-likeness (QED) is 0.770. The summed E-state index contributed by atoms with van der Waals surface area (Å²) in [5, 5.41) is 0. The molecule has 1 fully saturated rings. The number of nitrogens with two attached hydrogens (primary N) is 1. The van der Waals surface area contributed by atoms with Crippen LogP contribution >= 0.6 is 0 Å². The number of hydrogen-bond acceptors (Lipinski definition) is 3. The van der Waals surface area contributed by atoms with Crippen LogP contribution in [-0.2, 0) is 0 Å². The van der Waals surface area contributed by atoms with E-state index in [2.05, 4.69) is 44.5 Å². The van der Waals surface area contributed by atoms with Gasteiger partial charge in [0.2, 0.25) is 0 Å². The monoisotopic (exact) mass is 269 g/mol. The first-order chi connectivity index (χ1) is 8.90. The van der Waals surface area contributed by atoms with E-state index in [-0.39, 0.29) is 0 Å². The van der Waals surface area contributed by atoms with Gasteiger partial charge in [0.05, 0.1) is 0 Å². The van der Waals surface area contributed by atoms with Gasteiger partial charge in [-0.05, 0) is 57.8 Å². The maximum absolute atomic E-state index is 6.14. The highest BCUT2D eigenvalue weighted by atomic mass is 15.2. The Kier molecular flexibility index (Phi) is 7.33. The molecule has 0 aromatic rings. The van der Waals surface area contributed by atoms with Crippen LogP contribution in [0.1, 0.15) is 47.0 Å². The zero-order valence-corrected chi connectivity index (χ0v) is 13.7. The van der Waals surface area contributed by atoms with Crippen LogP contribution in [-0.4, -0.2) is 55.1 Å². The summed E-state index contributed by atoms with van der Waals surface area (Å²) in [6.07, 6.45) is 3.76. The van der Waals surface area contributed by atoms with Crippen molar-refractivity contribution in [3.05, 3.63) is 0 Å². The Labute approximate surface area is 120 Å². The lowest BCUT2D eigenvalue weighted by atomic mass is 9.99. The molecule has 1 rings (SSSR count). The van der Waals surface area contributed by atoms with Crippen molar-refractivity contribution in [1.29, 1.82) is 0 Å². The van der Waals surface area contributed by atoms with Gasteiger partial charge in [-0.2, -0.15) is 0 Å². The van der Waals surface area contributed by atoms with Crippen molar-refractivity contribution in [2.75, 3.05) is 33.2 Å². The van der Waals surface area contributed by atoms with Crippen molar-refractivity contribution >= 4 is 0 Å². The molecule has 0 aromatic heterocycles. The predicted molar refractivity (Wildman–Crippen MR) is 84.4 cm³/mol. The van der Waals surface area contributed by atoms with Crippen molar-refractivity contribution in [3.8, 4) is 0 Å². The molecule has 1 aliphatic heterocycles. The Balaban J connectivity index is 2.23. The molecule has 19 heavy (non-hydrogen) atoms. The van der Waals surface area contributed by atoms with Gasteiger partial charge in [-0.3, -0.25) is 0 Å². The van der Waals surface area contributed by atoms with E-state index in [1.807, 2.05) is 0 Å². The largest absolute Gasteiger partial charge is 0.327 e. The third-order valence-corrected chi connectivity index (χ3v) is 4.48. The average Bonchev–Trinajstić information content (AvgIpc) is 2.35. The summed E-state index contributed by atoms with van der Waals surface area (Å²) in [7, 11) is 2.27. The third kappa shape index (κ3) is 6.24. The Hall–Kier alpha value is -0.120. The summed E-state index contributed by atoms with van der Waals surface area (Å²) in [5.41, 5.74) is 6.14. The summed E-state index contributed by atoms with van der Waals surface area (Å²) in [4.78, 5) is 5.16. The molecule has 0 radical (unpaired) electrons. The van der Waals surface area contributed by atoms with E-state index in [0.717, 1.165) is 24.9 Å². The summed E-state index contributed by atoms with van der Waals surface area (Å²) in [6.45, 7) is 14.0. The van der Waals surface area contributed by atoms with E-state index in [4.69, 9.17) is 5.73 Å². The SMILES string of the molecule is CC(C)CN1CCC(N(C)CCC(N)C(C)C)CC1. The fourth-order valence-electron chi connectivity index (χ4n) is 2.93. The number of hydrogen-bond donors (Lipinski definition) is 1. The van der Waals surface area contributed by atoms with E-state index >= 15 is 0 Å². The fraction of sp³-hybridized carbons (Fsp3) is 1.00. The van der Waals surface area contributed by atoms with Crippen molar-refractivity contribution in [2.24, 2.45) is 17.6 Å². The molecule has 1 atom stereocenters. The predicted octanol–water partition coefficient (Wildman–Crippen LogP) is 2.41. The fourth-order valence-corrected chi connectivity index (χ4v) is 2.93. The first-order valence-electron chi connectivity index (χ1n) is 8.08. The maximum Gasteiger partial charge on any atom is 0.0117 e. The molecule has 2 N–H and O–H groups in total. The third-order valence-electron chi connectivity index (χ3n) is 4.48. The highest BCUT2D eigenvalue weighted by Gasteiger charge is 2.23. The highest BCUT2D eigenvalue weighted by Crippen LogP contribution is 2.17. The molecule has 1 saturated heterocycles. The van der Waals surface area contributed by atoms with Crippen molar-refractivity contribution in [2.45, 2.75) is 59.0 Å². The van der Waals surface area contributed by atoms with Crippen LogP contribution in [0.3, 0.4) is 0 Å². The molecule has 0 aromatic carbocycles. The number of nitrogens with zero attached hydrogens (tertiary/aromatic N) is 2. The normalized spacial score (nSPS) is 20.7. The topological polar surface area (TPSA) is 32.5 Å².